The van der Waals surface area contributed by atoms with Crippen molar-refractivity contribution >= 4 is 44.4 Å². The molecule has 10 nitrogen and oxygen atoms in total. The third-order valence-corrected chi connectivity index (χ3v) is 9.54. The molecule has 5 aromatic rings. The Bertz CT molecular complexity index is 1790. The molecule has 5 aromatic carbocycles. The number of rotatable bonds is 12. The Morgan fingerprint density at radius 3 is 1.18 bits per heavy atom. The van der Waals surface area contributed by atoms with Crippen LogP contribution in [0, 0.1) is 0 Å². The zero-order valence-electron chi connectivity index (χ0n) is 31.2. The Morgan fingerprint density at radius 1 is 0.491 bits per heavy atom. The summed E-state index contributed by atoms with van der Waals surface area (Å²) >= 11 is 6.45. The molecule has 0 bridgehead atoms. The largest absolute Gasteiger partial charge is 0.508 e. The third kappa shape index (κ3) is 13.3. The Morgan fingerprint density at radius 2 is 0.836 bits per heavy atom. The van der Waals surface area contributed by atoms with Crippen molar-refractivity contribution in [1.29, 1.82) is 0 Å². The maximum atomic E-state index is 10.2. The zero-order chi connectivity index (χ0) is 40.0. The summed E-state index contributed by atoms with van der Waals surface area (Å²) in [5.74, 6) is 2.55. The molecule has 0 saturated carbocycles. The first kappa shape index (κ1) is 43.7. The van der Waals surface area contributed by atoms with E-state index in [-0.39, 0.29) is 62.9 Å². The molecule has 5 N–H and O–H groups in total. The van der Waals surface area contributed by atoms with E-state index in [0.29, 0.717) is 18.1 Å². The predicted molar refractivity (Wildman–Crippen MR) is 222 cm³/mol. The van der Waals surface area contributed by atoms with E-state index in [1.54, 1.807) is 24.3 Å². The second kappa shape index (κ2) is 20.7. The van der Waals surface area contributed by atoms with Crippen LogP contribution in [0.4, 0.5) is 0 Å². The normalized spacial score (nSPS) is 13.9. The van der Waals surface area contributed by atoms with E-state index < -0.39 is 0 Å². The quantitative estimate of drug-likeness (QED) is 0.0789. The van der Waals surface area contributed by atoms with Gasteiger partial charge in [-0.15, -0.1) is 0 Å². The molecule has 6 rings (SSSR count). The highest BCUT2D eigenvalue weighted by atomic mass is 79.9. The van der Waals surface area contributed by atoms with Gasteiger partial charge >= 0.3 is 7.12 Å². The van der Waals surface area contributed by atoms with Gasteiger partial charge in [0.05, 0.1) is 31.0 Å². The van der Waals surface area contributed by atoms with Gasteiger partial charge in [0.1, 0.15) is 48.6 Å². The SMILES string of the molecule is CC1(C)OB(c2ccc(OCCO)cc2)OC1(C)C.OCCOc1ccc(-c2cc(O)cc(-c3ccc(OCCO)cc3)c2)cc1.Oc1cc(Br)cc(Br)c1. The molecule has 1 heterocycles. The van der Waals surface area contributed by atoms with Crippen molar-refractivity contribution in [3.8, 4) is 51.0 Å². The summed E-state index contributed by atoms with van der Waals surface area (Å²) in [6.07, 6.45) is 0. The van der Waals surface area contributed by atoms with Gasteiger partial charge in [-0.25, -0.2) is 0 Å². The van der Waals surface area contributed by atoms with E-state index in [1.165, 1.54) is 0 Å². The van der Waals surface area contributed by atoms with Crippen LogP contribution in [0.25, 0.3) is 22.3 Å². The monoisotopic (exact) mass is 880 g/mol. The van der Waals surface area contributed by atoms with Gasteiger partial charge in [0.2, 0.25) is 0 Å². The number of hydrogen-bond acceptors (Lipinski definition) is 10. The molecule has 1 aliphatic heterocycles. The molecule has 0 aromatic heterocycles. The van der Waals surface area contributed by atoms with Gasteiger partial charge in [-0.2, -0.15) is 0 Å². The fourth-order valence-electron chi connectivity index (χ4n) is 5.16. The topological polar surface area (TPSA) is 147 Å². The highest BCUT2D eigenvalue weighted by Crippen LogP contribution is 2.37. The van der Waals surface area contributed by atoms with E-state index in [4.69, 9.17) is 43.9 Å². The van der Waals surface area contributed by atoms with Gasteiger partial charge < -0.3 is 49.1 Å². The molecule has 1 saturated heterocycles. The summed E-state index contributed by atoms with van der Waals surface area (Å²) in [4.78, 5) is 0. The van der Waals surface area contributed by atoms with Crippen LogP contribution in [0.5, 0.6) is 28.7 Å². The summed E-state index contributed by atoms with van der Waals surface area (Å²) in [6.45, 7) is 8.91. The Labute approximate surface area is 339 Å². The van der Waals surface area contributed by atoms with Crippen LogP contribution in [0.15, 0.2) is 118 Å². The van der Waals surface area contributed by atoms with Crippen LogP contribution in [0.2, 0.25) is 0 Å². The lowest BCUT2D eigenvalue weighted by Crippen LogP contribution is -2.41. The van der Waals surface area contributed by atoms with Crippen molar-refractivity contribution < 1.29 is 49.1 Å². The molecule has 292 valence electrons. The minimum Gasteiger partial charge on any atom is -0.508 e. The zero-order valence-corrected chi connectivity index (χ0v) is 34.4. The molecule has 0 unspecified atom stereocenters. The number of benzene rings is 5. The smallest absolute Gasteiger partial charge is 0.494 e. The maximum absolute atomic E-state index is 10.2. The summed E-state index contributed by atoms with van der Waals surface area (Å²) in [5.41, 5.74) is 3.99. The second-order valence-corrected chi connectivity index (χ2v) is 15.1. The van der Waals surface area contributed by atoms with Gasteiger partial charge in [-0.1, -0.05) is 68.3 Å². The van der Waals surface area contributed by atoms with Gasteiger partial charge in [-0.05, 0) is 128 Å². The molecule has 0 atom stereocenters. The highest BCUT2D eigenvalue weighted by molar-refractivity contribution is 9.11. The highest BCUT2D eigenvalue weighted by Gasteiger charge is 2.51. The molecule has 0 amide bonds. The molecular weight excluding hydrogens is 835 g/mol. The number of ether oxygens (including phenoxy) is 3. The third-order valence-electron chi connectivity index (χ3n) is 8.63. The Kier molecular flexibility index (Phi) is 16.5. The van der Waals surface area contributed by atoms with Crippen molar-refractivity contribution in [2.24, 2.45) is 0 Å². The van der Waals surface area contributed by atoms with Crippen LogP contribution in [0.1, 0.15) is 27.7 Å². The average Bonchev–Trinajstić information content (AvgIpc) is 3.38. The minimum absolute atomic E-state index is 0.0129. The predicted octanol–water partition coefficient (Wildman–Crippen LogP) is 7.74. The number of halogens is 2. The van der Waals surface area contributed by atoms with Crippen molar-refractivity contribution in [3.05, 3.63) is 118 Å². The van der Waals surface area contributed by atoms with Crippen LogP contribution < -0.4 is 19.7 Å². The van der Waals surface area contributed by atoms with Gasteiger partial charge in [0.15, 0.2) is 0 Å². The van der Waals surface area contributed by atoms with Gasteiger partial charge in [0.25, 0.3) is 0 Å². The minimum atomic E-state index is -0.350. The van der Waals surface area contributed by atoms with E-state index in [1.807, 2.05) is 113 Å². The molecule has 1 fully saturated rings. The van der Waals surface area contributed by atoms with Gasteiger partial charge in [-0.3, -0.25) is 0 Å². The summed E-state index contributed by atoms with van der Waals surface area (Å²) in [7, 11) is -0.350. The van der Waals surface area contributed by atoms with Crippen molar-refractivity contribution in [2.75, 3.05) is 39.6 Å². The summed E-state index contributed by atoms with van der Waals surface area (Å²) in [6, 6.07) is 33.1. The number of phenols is 2. The van der Waals surface area contributed by atoms with Gasteiger partial charge in [0, 0.05) is 8.95 Å². The number of aliphatic hydroxyl groups excluding tert-OH is 3. The summed E-state index contributed by atoms with van der Waals surface area (Å²) in [5, 5.41) is 45.4. The fraction of sp³-hybridized carbons (Fsp3) is 0.286. The first-order chi connectivity index (χ1) is 26.2. The maximum Gasteiger partial charge on any atom is 0.494 e. The van der Waals surface area contributed by atoms with E-state index in [9.17, 15) is 5.11 Å². The molecular formula is C42H47BBr2O10. The van der Waals surface area contributed by atoms with Crippen LogP contribution in [-0.4, -0.2) is 83.5 Å². The van der Waals surface area contributed by atoms with Crippen LogP contribution in [0.3, 0.4) is 0 Å². The number of aliphatic hydroxyl groups is 3. The summed E-state index contributed by atoms with van der Waals surface area (Å²) < 4.78 is 29.7. The van der Waals surface area contributed by atoms with Crippen molar-refractivity contribution in [3.63, 3.8) is 0 Å². The van der Waals surface area contributed by atoms with E-state index in [2.05, 4.69) is 31.9 Å². The Hall–Kier alpha value is -4.08. The molecule has 0 spiro atoms. The fourth-order valence-corrected chi connectivity index (χ4v) is 6.43. The molecule has 0 radical (unpaired) electrons. The van der Waals surface area contributed by atoms with Crippen molar-refractivity contribution in [1.82, 2.24) is 0 Å². The molecule has 1 aliphatic rings. The first-order valence-electron chi connectivity index (χ1n) is 17.6. The van der Waals surface area contributed by atoms with E-state index in [0.717, 1.165) is 42.4 Å². The molecule has 0 aliphatic carbocycles. The average molecular weight is 882 g/mol. The van der Waals surface area contributed by atoms with E-state index >= 15 is 0 Å². The number of aromatic hydroxyl groups is 2. The first-order valence-corrected chi connectivity index (χ1v) is 19.2. The Balaban J connectivity index is 0.000000207. The second-order valence-electron chi connectivity index (χ2n) is 13.3. The molecule has 55 heavy (non-hydrogen) atoms. The molecule has 13 heteroatoms. The van der Waals surface area contributed by atoms with Crippen LogP contribution >= 0.6 is 31.9 Å². The lowest BCUT2D eigenvalue weighted by molar-refractivity contribution is 0.00578. The van der Waals surface area contributed by atoms with Crippen LogP contribution in [-0.2, 0) is 9.31 Å². The lowest BCUT2D eigenvalue weighted by atomic mass is 9.79. The standard InChI is InChI=1S/C22H22O5.C14H21BO4.C6H4Br2O/c23-9-11-26-21-5-1-16(2-6-21)18-13-19(15-20(25)14-18)17-3-7-22(8-4-17)27-12-10-24;1-13(2)14(3,4)19-15(18-13)11-5-7-12(8-6-11)17-10-9-16;7-4-1-5(8)3-6(9)2-4/h1-8,13-15,23-25H,9-12H2;5-8,16H,9-10H2,1-4H3;1-3,9H. The number of phenolic OH excluding ortho intramolecular Hbond substituents is 2. The van der Waals surface area contributed by atoms with Crippen molar-refractivity contribution in [2.45, 2.75) is 38.9 Å². The number of hydrogen-bond donors (Lipinski definition) is 5. The lowest BCUT2D eigenvalue weighted by Gasteiger charge is -2.32.